The first-order chi connectivity index (χ1) is 14.4. The van der Waals surface area contributed by atoms with Gasteiger partial charge in [-0.15, -0.1) is 0 Å². The van der Waals surface area contributed by atoms with Gasteiger partial charge in [0.15, 0.2) is 5.82 Å². The third-order valence-electron chi connectivity index (χ3n) is 5.04. The molecule has 30 heavy (non-hydrogen) atoms. The van der Waals surface area contributed by atoms with Gasteiger partial charge in [-0.05, 0) is 24.3 Å². The molecule has 0 spiro atoms. The largest absolute Gasteiger partial charge is 0.497 e. The smallest absolute Gasteiger partial charge is 0.256 e. The van der Waals surface area contributed by atoms with Gasteiger partial charge in [0, 0.05) is 32.2 Å². The van der Waals surface area contributed by atoms with Crippen LogP contribution in [0.2, 0.25) is 0 Å². The van der Waals surface area contributed by atoms with Gasteiger partial charge in [0.1, 0.15) is 16.4 Å². The molecule has 0 unspecified atom stereocenters. The second-order valence-corrected chi connectivity index (χ2v) is 8.64. The highest BCUT2D eigenvalue weighted by molar-refractivity contribution is 7.89. The molecule has 0 bridgehead atoms. The van der Waals surface area contributed by atoms with Crippen molar-refractivity contribution in [2.45, 2.75) is 4.90 Å². The summed E-state index contributed by atoms with van der Waals surface area (Å²) in [7, 11) is -0.931. The zero-order chi connectivity index (χ0) is 21.3. The van der Waals surface area contributed by atoms with Crippen LogP contribution in [-0.4, -0.2) is 63.1 Å². The van der Waals surface area contributed by atoms with E-state index in [4.69, 9.17) is 9.47 Å². The first-order valence-electron chi connectivity index (χ1n) is 9.33. The monoisotopic (exact) mass is 432 g/mol. The first kappa shape index (κ1) is 20.3. The van der Waals surface area contributed by atoms with Crippen molar-refractivity contribution in [3.8, 4) is 11.5 Å². The normalized spacial score (nSPS) is 15.4. The van der Waals surface area contributed by atoms with E-state index in [0.29, 0.717) is 16.8 Å². The SMILES string of the molecule is COc1ccc(OC)c(S(=O)(=O)N2CCN(c3nc4ccccc4nc3F)CC2)c1. The molecule has 0 saturated carbocycles. The molecular formula is C20H21FN4O4S. The number of para-hydroxylation sites is 2. The highest BCUT2D eigenvalue weighted by Crippen LogP contribution is 2.31. The number of aromatic nitrogens is 2. The minimum atomic E-state index is -3.82. The number of benzene rings is 2. The molecule has 8 nitrogen and oxygen atoms in total. The second kappa shape index (κ2) is 8.04. The highest BCUT2D eigenvalue weighted by atomic mass is 32.2. The van der Waals surface area contributed by atoms with Crippen LogP contribution in [0.3, 0.4) is 0 Å². The molecule has 1 saturated heterocycles. The molecule has 0 radical (unpaired) electrons. The lowest BCUT2D eigenvalue weighted by atomic mass is 10.3. The molecule has 0 aliphatic carbocycles. The minimum absolute atomic E-state index is 0.0366. The highest BCUT2D eigenvalue weighted by Gasteiger charge is 2.32. The van der Waals surface area contributed by atoms with Crippen molar-refractivity contribution in [3.05, 3.63) is 48.4 Å². The number of hydrogen-bond donors (Lipinski definition) is 0. The molecule has 1 aromatic heterocycles. The number of anilines is 1. The van der Waals surface area contributed by atoms with Gasteiger partial charge in [-0.2, -0.15) is 8.70 Å². The number of piperazine rings is 1. The quantitative estimate of drug-likeness (QED) is 0.612. The molecule has 158 valence electrons. The summed E-state index contributed by atoms with van der Waals surface area (Å²) >= 11 is 0. The molecule has 2 aromatic carbocycles. The van der Waals surface area contributed by atoms with E-state index in [0.717, 1.165) is 0 Å². The zero-order valence-electron chi connectivity index (χ0n) is 16.6. The van der Waals surface area contributed by atoms with Crippen LogP contribution in [0.4, 0.5) is 10.2 Å². The van der Waals surface area contributed by atoms with E-state index in [1.807, 2.05) is 6.07 Å². The topological polar surface area (TPSA) is 84.9 Å². The molecule has 2 heterocycles. The summed E-state index contributed by atoms with van der Waals surface area (Å²) in [4.78, 5) is 10.1. The zero-order valence-corrected chi connectivity index (χ0v) is 17.4. The maximum atomic E-state index is 14.5. The molecule has 3 aromatic rings. The molecule has 0 amide bonds. The van der Waals surface area contributed by atoms with Crippen LogP contribution in [0, 0.1) is 5.95 Å². The van der Waals surface area contributed by atoms with Crippen LogP contribution < -0.4 is 14.4 Å². The predicted octanol–water partition coefficient (Wildman–Crippen LogP) is 2.30. The van der Waals surface area contributed by atoms with Gasteiger partial charge >= 0.3 is 0 Å². The third-order valence-corrected chi connectivity index (χ3v) is 6.96. The summed E-state index contributed by atoms with van der Waals surface area (Å²) in [6.07, 6.45) is 0. The predicted molar refractivity (Wildman–Crippen MR) is 110 cm³/mol. The van der Waals surface area contributed by atoms with E-state index < -0.39 is 16.0 Å². The van der Waals surface area contributed by atoms with Gasteiger partial charge in [0.2, 0.25) is 10.0 Å². The van der Waals surface area contributed by atoms with Gasteiger partial charge in [0.25, 0.3) is 5.95 Å². The number of hydrogen-bond acceptors (Lipinski definition) is 7. The third kappa shape index (κ3) is 3.63. The summed E-state index contributed by atoms with van der Waals surface area (Å²) in [6.45, 7) is 0.929. The van der Waals surface area contributed by atoms with Crippen LogP contribution in [0.25, 0.3) is 11.0 Å². The summed E-state index contributed by atoms with van der Waals surface area (Å²) in [6, 6.07) is 11.7. The number of methoxy groups -OCH3 is 2. The number of fused-ring (bicyclic) bond motifs is 1. The number of halogens is 1. The Morgan fingerprint density at radius 2 is 1.60 bits per heavy atom. The van der Waals surface area contributed by atoms with E-state index in [1.165, 1.54) is 24.6 Å². The standard InChI is InChI=1S/C20H21FN4O4S/c1-28-14-7-8-17(29-2)18(13-14)30(26,27)25-11-9-24(10-12-25)20-19(21)22-15-5-3-4-6-16(15)23-20/h3-8,13H,9-12H2,1-2H3. The van der Waals surface area contributed by atoms with Crippen LogP contribution >= 0.6 is 0 Å². The second-order valence-electron chi connectivity index (χ2n) is 6.73. The van der Waals surface area contributed by atoms with Crippen LogP contribution in [0.15, 0.2) is 47.4 Å². The van der Waals surface area contributed by atoms with Crippen LogP contribution in [-0.2, 0) is 10.0 Å². The molecule has 1 aliphatic heterocycles. The van der Waals surface area contributed by atoms with Crippen molar-refractivity contribution in [1.82, 2.24) is 14.3 Å². The van der Waals surface area contributed by atoms with Gasteiger partial charge < -0.3 is 14.4 Å². The number of nitrogens with zero attached hydrogens (tertiary/aromatic N) is 4. The van der Waals surface area contributed by atoms with Crippen molar-refractivity contribution >= 4 is 26.9 Å². The van der Waals surface area contributed by atoms with E-state index in [1.54, 1.807) is 35.2 Å². The van der Waals surface area contributed by atoms with E-state index in [2.05, 4.69) is 9.97 Å². The average molecular weight is 432 g/mol. The van der Waals surface area contributed by atoms with Crippen molar-refractivity contribution in [2.24, 2.45) is 0 Å². The first-order valence-corrected chi connectivity index (χ1v) is 10.8. The molecule has 4 rings (SSSR count). The Bertz CT molecular complexity index is 1180. The van der Waals surface area contributed by atoms with E-state index in [-0.39, 0.29) is 42.6 Å². The molecule has 1 fully saturated rings. The minimum Gasteiger partial charge on any atom is -0.497 e. The Morgan fingerprint density at radius 1 is 0.933 bits per heavy atom. The summed E-state index contributed by atoms with van der Waals surface area (Å²) < 4.78 is 52.6. The fraction of sp³-hybridized carbons (Fsp3) is 0.300. The number of ether oxygens (including phenoxy) is 2. The van der Waals surface area contributed by atoms with Gasteiger partial charge in [-0.3, -0.25) is 0 Å². The Hall–Kier alpha value is -2.98. The van der Waals surface area contributed by atoms with Crippen molar-refractivity contribution in [3.63, 3.8) is 0 Å². The maximum Gasteiger partial charge on any atom is 0.256 e. The fourth-order valence-electron chi connectivity index (χ4n) is 3.44. The Kier molecular flexibility index (Phi) is 5.44. The lowest BCUT2D eigenvalue weighted by Gasteiger charge is -2.34. The van der Waals surface area contributed by atoms with Crippen LogP contribution in [0.1, 0.15) is 0 Å². The molecular weight excluding hydrogens is 411 g/mol. The Morgan fingerprint density at radius 3 is 2.23 bits per heavy atom. The molecule has 1 aliphatic rings. The van der Waals surface area contributed by atoms with Crippen LogP contribution in [0.5, 0.6) is 11.5 Å². The summed E-state index contributed by atoms with van der Waals surface area (Å²) in [5.41, 5.74) is 1.06. The van der Waals surface area contributed by atoms with Crippen molar-refractivity contribution < 1.29 is 22.3 Å². The molecule has 10 heteroatoms. The molecule has 0 N–H and O–H groups in total. The average Bonchev–Trinajstić information content (AvgIpc) is 2.78. The van der Waals surface area contributed by atoms with Gasteiger partial charge in [-0.1, -0.05) is 12.1 Å². The number of rotatable bonds is 5. The van der Waals surface area contributed by atoms with E-state index in [9.17, 15) is 12.8 Å². The lowest BCUT2D eigenvalue weighted by Crippen LogP contribution is -2.49. The summed E-state index contributed by atoms with van der Waals surface area (Å²) in [5, 5.41) is 0. The van der Waals surface area contributed by atoms with Crippen molar-refractivity contribution in [1.29, 1.82) is 0 Å². The lowest BCUT2D eigenvalue weighted by molar-refractivity contribution is 0.369. The molecule has 0 atom stereocenters. The Balaban J connectivity index is 1.57. The maximum absolute atomic E-state index is 14.5. The fourth-order valence-corrected chi connectivity index (χ4v) is 5.03. The Labute approximate surface area is 173 Å². The van der Waals surface area contributed by atoms with Crippen molar-refractivity contribution in [2.75, 3.05) is 45.3 Å². The number of sulfonamides is 1. The van der Waals surface area contributed by atoms with E-state index >= 15 is 0 Å². The van der Waals surface area contributed by atoms with Gasteiger partial charge in [0.05, 0.1) is 25.3 Å². The summed E-state index contributed by atoms with van der Waals surface area (Å²) in [5.74, 6) is 0.121. The van der Waals surface area contributed by atoms with Gasteiger partial charge in [-0.25, -0.2) is 18.4 Å².